The van der Waals surface area contributed by atoms with Crippen LogP contribution in [0.15, 0.2) is 10.9 Å². The first-order valence-electron chi connectivity index (χ1n) is 10.4. The number of ether oxygens (including phenoxy) is 1. The van der Waals surface area contributed by atoms with E-state index in [0.29, 0.717) is 32.2 Å². The Morgan fingerprint density at radius 1 is 1.33 bits per heavy atom. The zero-order valence-corrected chi connectivity index (χ0v) is 17.2. The van der Waals surface area contributed by atoms with Gasteiger partial charge in [-0.1, -0.05) is 13.8 Å². The molecule has 11 heteroatoms. The minimum atomic E-state index is -4.50. The predicted octanol–water partition coefficient (Wildman–Crippen LogP) is 1.39. The Hall–Kier alpha value is -1.85. The van der Waals surface area contributed by atoms with Crippen LogP contribution in [0.4, 0.5) is 24.9 Å². The highest BCUT2D eigenvalue weighted by molar-refractivity contribution is 5.45. The molecule has 0 aromatic carbocycles. The monoisotopic (exact) mass is 431 g/mol. The Balaban J connectivity index is 1.63. The fourth-order valence-electron chi connectivity index (χ4n) is 4.27. The summed E-state index contributed by atoms with van der Waals surface area (Å²) in [6.07, 6.45) is -4.20. The summed E-state index contributed by atoms with van der Waals surface area (Å²) >= 11 is 0. The van der Waals surface area contributed by atoms with Crippen LogP contribution in [0.1, 0.15) is 33.1 Å². The van der Waals surface area contributed by atoms with Crippen molar-refractivity contribution in [2.45, 2.75) is 69.6 Å². The largest absolute Gasteiger partial charge is 0.408 e. The number of hydrogen-bond acceptors (Lipinski definition) is 7. The van der Waals surface area contributed by atoms with E-state index < -0.39 is 23.4 Å². The van der Waals surface area contributed by atoms with Crippen molar-refractivity contribution in [1.82, 2.24) is 14.5 Å². The van der Waals surface area contributed by atoms with Gasteiger partial charge in [-0.05, 0) is 19.3 Å². The van der Waals surface area contributed by atoms with Crippen LogP contribution in [0.25, 0.3) is 0 Å². The number of rotatable bonds is 7. The molecule has 1 aromatic rings. The van der Waals surface area contributed by atoms with Crippen LogP contribution in [0.3, 0.4) is 0 Å². The Labute approximate surface area is 172 Å². The average molecular weight is 431 g/mol. The van der Waals surface area contributed by atoms with Crippen LogP contribution in [-0.2, 0) is 11.3 Å². The summed E-state index contributed by atoms with van der Waals surface area (Å²) in [6, 6.07) is -0.143. The molecule has 0 bridgehead atoms. The normalized spacial score (nSPS) is 28.3. The topological polar surface area (TPSA) is 82.6 Å². The van der Waals surface area contributed by atoms with Gasteiger partial charge >= 0.3 is 6.18 Å². The lowest BCUT2D eigenvalue weighted by Crippen LogP contribution is -2.57. The molecule has 8 nitrogen and oxygen atoms in total. The van der Waals surface area contributed by atoms with Crippen molar-refractivity contribution in [3.8, 4) is 0 Å². The van der Waals surface area contributed by atoms with E-state index in [0.717, 1.165) is 11.4 Å². The SMILES string of the molecule is CCC(O)(CC)CN1c2nc(NCC3OCN4CC34)cc(=O)n2CCC1C(F)(F)F. The summed E-state index contributed by atoms with van der Waals surface area (Å²) in [7, 11) is 0. The molecule has 0 spiro atoms. The van der Waals surface area contributed by atoms with E-state index in [4.69, 9.17) is 4.74 Å². The minimum absolute atomic E-state index is 0.0325. The molecule has 4 atom stereocenters. The zero-order valence-electron chi connectivity index (χ0n) is 17.2. The van der Waals surface area contributed by atoms with Gasteiger partial charge in [0.2, 0.25) is 5.95 Å². The van der Waals surface area contributed by atoms with Crippen molar-refractivity contribution in [3.05, 3.63) is 16.4 Å². The highest BCUT2D eigenvalue weighted by atomic mass is 19.4. The molecule has 4 heterocycles. The summed E-state index contributed by atoms with van der Waals surface area (Å²) < 4.78 is 48.3. The molecule has 3 aliphatic rings. The molecular weight excluding hydrogens is 403 g/mol. The molecule has 4 unspecified atom stereocenters. The van der Waals surface area contributed by atoms with Gasteiger partial charge in [0.15, 0.2) is 0 Å². The number of alkyl halides is 3. The molecule has 0 aliphatic carbocycles. The van der Waals surface area contributed by atoms with Gasteiger partial charge in [-0.3, -0.25) is 14.3 Å². The zero-order chi connectivity index (χ0) is 21.7. The Bertz CT molecular complexity index is 842. The van der Waals surface area contributed by atoms with Gasteiger partial charge in [-0.25, -0.2) is 0 Å². The fraction of sp³-hybridized carbons (Fsp3) is 0.789. The number of nitrogens with one attached hydrogen (secondary N) is 1. The summed E-state index contributed by atoms with van der Waals surface area (Å²) in [5.74, 6) is 0.164. The van der Waals surface area contributed by atoms with Crippen LogP contribution in [0.5, 0.6) is 0 Å². The maximum atomic E-state index is 13.8. The smallest absolute Gasteiger partial charge is 0.388 e. The number of halogens is 3. The number of anilines is 2. The van der Waals surface area contributed by atoms with Crippen molar-refractivity contribution in [3.63, 3.8) is 0 Å². The minimum Gasteiger partial charge on any atom is -0.388 e. The first kappa shape index (κ1) is 21.4. The fourth-order valence-corrected chi connectivity index (χ4v) is 4.27. The van der Waals surface area contributed by atoms with E-state index in [1.54, 1.807) is 13.8 Å². The van der Waals surface area contributed by atoms with Crippen molar-refractivity contribution in [2.75, 3.05) is 36.6 Å². The number of nitrogens with zero attached hydrogens (tertiary/aromatic N) is 4. The quantitative estimate of drug-likeness (QED) is 0.632. The molecule has 2 saturated heterocycles. The third kappa shape index (κ3) is 4.02. The number of β-amino-alcohol motifs (C(OH)–C–C–N with tert-alkyl or cyclic N) is 1. The molecule has 0 radical (unpaired) electrons. The van der Waals surface area contributed by atoms with Crippen molar-refractivity contribution < 1.29 is 23.0 Å². The molecule has 3 aliphatic heterocycles. The van der Waals surface area contributed by atoms with E-state index in [9.17, 15) is 23.1 Å². The molecule has 2 N–H and O–H groups in total. The molecule has 0 amide bonds. The van der Waals surface area contributed by atoms with Crippen LogP contribution in [0.2, 0.25) is 0 Å². The molecule has 168 valence electrons. The summed E-state index contributed by atoms with van der Waals surface area (Å²) in [6.45, 7) is 5.12. The van der Waals surface area contributed by atoms with E-state index >= 15 is 0 Å². The van der Waals surface area contributed by atoms with Crippen molar-refractivity contribution in [1.29, 1.82) is 0 Å². The molecular formula is C19H28F3N5O3. The van der Waals surface area contributed by atoms with Gasteiger partial charge in [0, 0.05) is 25.7 Å². The predicted molar refractivity (Wildman–Crippen MR) is 105 cm³/mol. The molecule has 30 heavy (non-hydrogen) atoms. The maximum absolute atomic E-state index is 13.8. The molecule has 4 rings (SSSR count). The molecule has 1 aromatic heterocycles. The van der Waals surface area contributed by atoms with Crippen LogP contribution < -0.4 is 15.8 Å². The Morgan fingerprint density at radius 3 is 2.63 bits per heavy atom. The second-order valence-electron chi connectivity index (χ2n) is 8.39. The second-order valence-corrected chi connectivity index (χ2v) is 8.39. The first-order chi connectivity index (χ1) is 14.1. The lowest BCUT2D eigenvalue weighted by atomic mass is 9.95. The average Bonchev–Trinajstić information content (AvgIpc) is 3.37. The lowest BCUT2D eigenvalue weighted by molar-refractivity contribution is -0.154. The van der Waals surface area contributed by atoms with Crippen molar-refractivity contribution >= 4 is 11.8 Å². The number of hydrogen-bond donors (Lipinski definition) is 2. The molecule has 2 fully saturated rings. The first-order valence-corrected chi connectivity index (χ1v) is 10.4. The van der Waals surface area contributed by atoms with Gasteiger partial charge < -0.3 is 20.1 Å². The van der Waals surface area contributed by atoms with Gasteiger partial charge in [0.25, 0.3) is 5.56 Å². The Morgan fingerprint density at radius 2 is 2.07 bits per heavy atom. The second kappa shape index (κ2) is 7.69. The van der Waals surface area contributed by atoms with Gasteiger partial charge in [-0.15, -0.1) is 0 Å². The number of aliphatic hydroxyl groups is 1. The third-order valence-corrected chi connectivity index (χ3v) is 6.53. The van der Waals surface area contributed by atoms with Crippen LogP contribution in [-0.4, -0.2) is 75.9 Å². The van der Waals surface area contributed by atoms with E-state index in [-0.39, 0.29) is 37.4 Å². The van der Waals surface area contributed by atoms with Crippen molar-refractivity contribution in [2.24, 2.45) is 0 Å². The molecule has 0 saturated carbocycles. The number of aromatic nitrogens is 2. The van der Waals surface area contributed by atoms with Crippen LogP contribution in [0, 0.1) is 0 Å². The van der Waals surface area contributed by atoms with Gasteiger partial charge in [0.1, 0.15) is 11.9 Å². The standard InChI is InChI=1S/C19H28F3N5O3/c1-3-18(29,4-2)10-27-14(19(20,21)22)5-6-26-16(28)7-15(24-17(26)27)23-8-13-12-9-25(12)11-30-13/h7,12-14,23,29H,3-6,8-11H2,1-2H3. The Kier molecular flexibility index (Phi) is 5.48. The van der Waals surface area contributed by atoms with Gasteiger partial charge in [-0.2, -0.15) is 18.2 Å². The summed E-state index contributed by atoms with van der Waals surface area (Å²) in [4.78, 5) is 20.2. The summed E-state index contributed by atoms with van der Waals surface area (Å²) in [5.41, 5.74) is -1.72. The van der Waals surface area contributed by atoms with Crippen LogP contribution >= 0.6 is 0 Å². The number of fused-ring (bicyclic) bond motifs is 2. The van der Waals surface area contributed by atoms with E-state index in [1.807, 2.05) is 0 Å². The summed E-state index contributed by atoms with van der Waals surface area (Å²) in [5, 5.41) is 13.8. The van der Waals surface area contributed by atoms with E-state index in [2.05, 4.69) is 15.2 Å². The maximum Gasteiger partial charge on any atom is 0.408 e. The van der Waals surface area contributed by atoms with Gasteiger partial charge in [0.05, 0.1) is 31.0 Å². The highest BCUT2D eigenvalue weighted by Gasteiger charge is 2.49. The highest BCUT2D eigenvalue weighted by Crippen LogP contribution is 2.36. The van der Waals surface area contributed by atoms with E-state index in [1.165, 1.54) is 10.6 Å². The third-order valence-electron chi connectivity index (χ3n) is 6.53. The lowest BCUT2D eigenvalue weighted by Gasteiger charge is -2.42.